The Labute approximate surface area is 158 Å². The number of aromatic amines is 1. The van der Waals surface area contributed by atoms with Crippen molar-refractivity contribution in [1.82, 2.24) is 19.4 Å². The number of thiazole rings is 1. The third kappa shape index (κ3) is 3.14. The highest BCUT2D eigenvalue weighted by atomic mass is 32.1. The van der Waals surface area contributed by atoms with Crippen molar-refractivity contribution in [1.29, 1.82) is 0 Å². The topological polar surface area (TPSA) is 91.3 Å². The highest BCUT2D eigenvalue weighted by Gasteiger charge is 2.23. The fourth-order valence-corrected chi connectivity index (χ4v) is 4.08. The van der Waals surface area contributed by atoms with Gasteiger partial charge in [0.2, 0.25) is 0 Å². The van der Waals surface area contributed by atoms with Gasteiger partial charge in [0.05, 0.1) is 11.0 Å². The summed E-state index contributed by atoms with van der Waals surface area (Å²) in [4.78, 5) is 47.5. The summed E-state index contributed by atoms with van der Waals surface area (Å²) in [6.07, 6.45) is 1.78. The van der Waals surface area contributed by atoms with Crippen LogP contribution in [0.5, 0.6) is 0 Å². The molecule has 0 bridgehead atoms. The van der Waals surface area contributed by atoms with Gasteiger partial charge in [-0.2, -0.15) is 0 Å². The Morgan fingerprint density at radius 1 is 1.22 bits per heavy atom. The van der Waals surface area contributed by atoms with E-state index in [1.807, 2.05) is 5.38 Å². The monoisotopic (exact) mass is 385 g/mol. The molecule has 1 saturated heterocycles. The third-order valence-corrected chi connectivity index (χ3v) is 5.63. The lowest BCUT2D eigenvalue weighted by molar-refractivity contribution is 0.0747. The summed E-state index contributed by atoms with van der Waals surface area (Å²) in [5.41, 5.74) is 0.358. The number of benzene rings is 1. The Hall–Kier alpha value is -2.94. The lowest BCUT2D eigenvalue weighted by atomic mass is 10.1. The van der Waals surface area contributed by atoms with Crippen LogP contribution in [-0.4, -0.2) is 51.5 Å². The summed E-state index contributed by atoms with van der Waals surface area (Å²) in [5.74, 6) is -0.0780. The second-order valence-electron chi connectivity index (χ2n) is 6.33. The van der Waals surface area contributed by atoms with E-state index in [4.69, 9.17) is 0 Å². The minimum atomic E-state index is -0.675. The molecule has 0 atom stereocenters. The van der Waals surface area contributed by atoms with Crippen LogP contribution in [0.1, 0.15) is 17.3 Å². The SMILES string of the molecule is CCn1c(=O)c(=O)[nH]c2cc(C(=O)N3CCN(c4nccs4)CC3)ccc21. The lowest BCUT2D eigenvalue weighted by Crippen LogP contribution is -2.48. The number of rotatable bonds is 3. The van der Waals surface area contributed by atoms with Crippen molar-refractivity contribution in [3.63, 3.8) is 0 Å². The Balaban J connectivity index is 1.57. The number of aromatic nitrogens is 3. The van der Waals surface area contributed by atoms with E-state index < -0.39 is 11.1 Å². The minimum Gasteiger partial charge on any atom is -0.345 e. The van der Waals surface area contributed by atoms with Crippen LogP contribution in [0.4, 0.5) is 5.13 Å². The fraction of sp³-hybridized carbons (Fsp3) is 0.333. The molecule has 1 aromatic carbocycles. The molecule has 2 aromatic heterocycles. The molecule has 1 aliphatic rings. The number of hydrogen-bond donors (Lipinski definition) is 1. The Bertz CT molecular complexity index is 1090. The highest BCUT2D eigenvalue weighted by molar-refractivity contribution is 7.13. The van der Waals surface area contributed by atoms with Crippen LogP contribution >= 0.6 is 11.3 Å². The van der Waals surface area contributed by atoms with Gasteiger partial charge in [0.25, 0.3) is 5.91 Å². The van der Waals surface area contributed by atoms with E-state index in [0.717, 1.165) is 18.2 Å². The molecule has 140 valence electrons. The summed E-state index contributed by atoms with van der Waals surface area (Å²) < 4.78 is 1.41. The van der Waals surface area contributed by atoms with Gasteiger partial charge in [0.1, 0.15) is 0 Å². The zero-order valence-corrected chi connectivity index (χ0v) is 15.7. The van der Waals surface area contributed by atoms with Crippen LogP contribution in [0.2, 0.25) is 0 Å². The van der Waals surface area contributed by atoms with Crippen LogP contribution in [0.25, 0.3) is 11.0 Å². The van der Waals surface area contributed by atoms with E-state index in [-0.39, 0.29) is 5.91 Å². The Kier molecular flexibility index (Phi) is 4.53. The number of aryl methyl sites for hydroxylation is 1. The molecule has 4 rings (SSSR count). The van der Waals surface area contributed by atoms with E-state index in [2.05, 4.69) is 14.9 Å². The van der Waals surface area contributed by atoms with Crippen LogP contribution in [0.15, 0.2) is 39.4 Å². The Morgan fingerprint density at radius 3 is 2.67 bits per heavy atom. The zero-order valence-electron chi connectivity index (χ0n) is 14.8. The van der Waals surface area contributed by atoms with Crippen LogP contribution in [0, 0.1) is 0 Å². The van der Waals surface area contributed by atoms with Gasteiger partial charge in [0.15, 0.2) is 5.13 Å². The van der Waals surface area contributed by atoms with E-state index in [9.17, 15) is 14.4 Å². The smallest absolute Gasteiger partial charge is 0.316 e. The molecule has 8 nitrogen and oxygen atoms in total. The summed E-state index contributed by atoms with van der Waals surface area (Å²) in [7, 11) is 0. The number of fused-ring (bicyclic) bond motifs is 1. The number of nitrogens with zero attached hydrogens (tertiary/aromatic N) is 4. The van der Waals surface area contributed by atoms with Crippen molar-refractivity contribution in [2.45, 2.75) is 13.5 Å². The van der Waals surface area contributed by atoms with Crippen molar-refractivity contribution < 1.29 is 4.79 Å². The molecule has 0 spiro atoms. The molecule has 0 aliphatic carbocycles. The van der Waals surface area contributed by atoms with Gasteiger partial charge in [-0.05, 0) is 25.1 Å². The van der Waals surface area contributed by atoms with Crippen LogP contribution < -0.4 is 16.0 Å². The predicted molar refractivity (Wildman–Crippen MR) is 105 cm³/mol. The molecule has 3 heterocycles. The maximum Gasteiger partial charge on any atom is 0.316 e. The molecule has 1 aliphatic heterocycles. The molecule has 0 radical (unpaired) electrons. The van der Waals surface area contributed by atoms with Gasteiger partial charge in [-0.15, -0.1) is 11.3 Å². The molecule has 0 saturated carbocycles. The highest BCUT2D eigenvalue weighted by Crippen LogP contribution is 2.20. The second-order valence-corrected chi connectivity index (χ2v) is 7.20. The number of nitrogens with one attached hydrogen (secondary N) is 1. The van der Waals surface area contributed by atoms with E-state index in [1.54, 1.807) is 47.6 Å². The predicted octanol–water partition coefficient (Wildman–Crippen LogP) is 1.13. The number of piperazine rings is 1. The maximum atomic E-state index is 12.9. The average molecular weight is 385 g/mol. The van der Waals surface area contributed by atoms with Crippen molar-refractivity contribution in [2.75, 3.05) is 31.1 Å². The molecular weight excluding hydrogens is 366 g/mol. The fourth-order valence-electron chi connectivity index (χ4n) is 3.38. The van der Waals surface area contributed by atoms with E-state index in [1.165, 1.54) is 4.57 Å². The van der Waals surface area contributed by atoms with Gasteiger partial charge in [0, 0.05) is 49.9 Å². The first-order valence-corrected chi connectivity index (χ1v) is 9.67. The number of carbonyl (C=O) groups excluding carboxylic acids is 1. The molecule has 1 N–H and O–H groups in total. The van der Waals surface area contributed by atoms with Crippen molar-refractivity contribution in [2.24, 2.45) is 0 Å². The molecule has 9 heteroatoms. The first-order chi connectivity index (χ1) is 13.1. The minimum absolute atomic E-state index is 0.0780. The molecule has 1 fully saturated rings. The number of anilines is 1. The number of carbonyl (C=O) groups is 1. The largest absolute Gasteiger partial charge is 0.345 e. The zero-order chi connectivity index (χ0) is 19.0. The standard InChI is InChI=1S/C18H19N5O3S/c1-2-23-14-4-3-12(11-13(14)20-15(24)17(23)26)16(25)21-6-8-22(9-7-21)18-19-5-10-27-18/h3-5,10-11H,2,6-9H2,1H3,(H,20,24). The summed E-state index contributed by atoms with van der Waals surface area (Å²) in [6.45, 7) is 4.90. The molecule has 27 heavy (non-hydrogen) atoms. The first kappa shape index (κ1) is 17.5. The quantitative estimate of drug-likeness (QED) is 0.683. The van der Waals surface area contributed by atoms with Gasteiger partial charge in [-0.25, -0.2) is 4.98 Å². The summed E-state index contributed by atoms with van der Waals surface area (Å²) in [5, 5.41) is 2.92. The first-order valence-electron chi connectivity index (χ1n) is 8.79. The Morgan fingerprint density at radius 2 is 2.00 bits per heavy atom. The van der Waals surface area contributed by atoms with Crippen molar-refractivity contribution in [3.8, 4) is 0 Å². The van der Waals surface area contributed by atoms with Crippen molar-refractivity contribution >= 4 is 33.4 Å². The third-order valence-electron chi connectivity index (χ3n) is 4.79. The van der Waals surface area contributed by atoms with Gasteiger partial charge in [-0.1, -0.05) is 0 Å². The van der Waals surface area contributed by atoms with Gasteiger partial charge in [-0.3, -0.25) is 14.4 Å². The number of amides is 1. The molecule has 1 amide bonds. The lowest BCUT2D eigenvalue weighted by Gasteiger charge is -2.34. The maximum absolute atomic E-state index is 12.9. The molecule has 0 unspecified atom stereocenters. The average Bonchev–Trinajstić information content (AvgIpc) is 3.23. The van der Waals surface area contributed by atoms with Gasteiger partial charge < -0.3 is 19.4 Å². The molecule has 3 aromatic rings. The van der Waals surface area contributed by atoms with Gasteiger partial charge >= 0.3 is 11.1 Å². The summed E-state index contributed by atoms with van der Waals surface area (Å²) >= 11 is 1.59. The number of H-pyrrole nitrogens is 1. The van der Waals surface area contributed by atoms with E-state index >= 15 is 0 Å². The molecular formula is C18H19N5O3S. The number of hydrogen-bond acceptors (Lipinski definition) is 6. The summed E-state index contributed by atoms with van der Waals surface area (Å²) in [6, 6.07) is 5.08. The van der Waals surface area contributed by atoms with E-state index in [0.29, 0.717) is 36.2 Å². The van der Waals surface area contributed by atoms with Crippen molar-refractivity contribution in [3.05, 3.63) is 56.0 Å². The normalized spacial score (nSPS) is 14.7. The van der Waals surface area contributed by atoms with Crippen LogP contribution in [-0.2, 0) is 6.54 Å². The van der Waals surface area contributed by atoms with Crippen LogP contribution in [0.3, 0.4) is 0 Å². The second kappa shape index (κ2) is 6.99.